The summed E-state index contributed by atoms with van der Waals surface area (Å²) in [5.74, 6) is 1.15. The second-order valence-electron chi connectivity index (χ2n) is 4.84. The van der Waals surface area contributed by atoms with Crippen molar-refractivity contribution in [3.8, 4) is 0 Å². The third-order valence-corrected chi connectivity index (χ3v) is 3.57. The SMILES string of the molecule is NCCN(c1ccc2c(n1)CCC2)C1CC1. The van der Waals surface area contributed by atoms with Crippen molar-refractivity contribution < 1.29 is 0 Å². The number of aryl methyl sites for hydroxylation is 2. The first-order valence-electron chi connectivity index (χ1n) is 6.34. The molecule has 0 aliphatic heterocycles. The number of nitrogens with zero attached hydrogens (tertiary/aromatic N) is 2. The van der Waals surface area contributed by atoms with Gasteiger partial charge in [-0.25, -0.2) is 4.98 Å². The van der Waals surface area contributed by atoms with Crippen LogP contribution in [0.4, 0.5) is 5.82 Å². The molecule has 2 aliphatic carbocycles. The highest BCUT2D eigenvalue weighted by atomic mass is 15.2. The van der Waals surface area contributed by atoms with Gasteiger partial charge in [-0.2, -0.15) is 0 Å². The lowest BCUT2D eigenvalue weighted by molar-refractivity contribution is 0.767. The zero-order valence-electron chi connectivity index (χ0n) is 9.65. The molecule has 1 aromatic rings. The van der Waals surface area contributed by atoms with E-state index in [4.69, 9.17) is 10.7 Å². The van der Waals surface area contributed by atoms with E-state index < -0.39 is 0 Å². The quantitative estimate of drug-likeness (QED) is 0.831. The second kappa shape index (κ2) is 4.06. The third kappa shape index (κ3) is 1.80. The van der Waals surface area contributed by atoms with Crippen LogP contribution in [0.2, 0.25) is 0 Å². The summed E-state index contributed by atoms with van der Waals surface area (Å²) in [4.78, 5) is 7.19. The van der Waals surface area contributed by atoms with Crippen LogP contribution < -0.4 is 10.6 Å². The molecule has 2 N–H and O–H groups in total. The van der Waals surface area contributed by atoms with E-state index in [0.29, 0.717) is 6.04 Å². The molecule has 1 heterocycles. The molecule has 1 saturated carbocycles. The first-order valence-corrected chi connectivity index (χ1v) is 6.34. The van der Waals surface area contributed by atoms with E-state index in [0.717, 1.165) is 25.3 Å². The van der Waals surface area contributed by atoms with Gasteiger partial charge in [-0.1, -0.05) is 6.07 Å². The molecule has 3 rings (SSSR count). The lowest BCUT2D eigenvalue weighted by Gasteiger charge is -2.23. The Balaban J connectivity index is 1.86. The number of hydrogen-bond acceptors (Lipinski definition) is 3. The van der Waals surface area contributed by atoms with Crippen molar-refractivity contribution in [1.82, 2.24) is 4.98 Å². The fraction of sp³-hybridized carbons (Fsp3) is 0.615. The van der Waals surface area contributed by atoms with Crippen LogP contribution in [0.5, 0.6) is 0 Å². The van der Waals surface area contributed by atoms with Crippen LogP contribution in [0.25, 0.3) is 0 Å². The van der Waals surface area contributed by atoms with Crippen LogP contribution in [-0.2, 0) is 12.8 Å². The molecule has 0 spiro atoms. The maximum absolute atomic E-state index is 5.68. The van der Waals surface area contributed by atoms with Gasteiger partial charge in [0.15, 0.2) is 0 Å². The van der Waals surface area contributed by atoms with Crippen LogP contribution in [-0.4, -0.2) is 24.1 Å². The predicted molar refractivity (Wildman–Crippen MR) is 65.7 cm³/mol. The van der Waals surface area contributed by atoms with Gasteiger partial charge >= 0.3 is 0 Å². The fourth-order valence-corrected chi connectivity index (χ4v) is 2.58. The molecule has 0 radical (unpaired) electrons. The van der Waals surface area contributed by atoms with Gasteiger partial charge in [0.25, 0.3) is 0 Å². The van der Waals surface area contributed by atoms with Crippen molar-refractivity contribution in [3.63, 3.8) is 0 Å². The average molecular weight is 217 g/mol. The monoisotopic (exact) mass is 217 g/mol. The molecule has 0 unspecified atom stereocenters. The molecular formula is C13H19N3. The average Bonchev–Trinajstić information content (AvgIpc) is 3.03. The van der Waals surface area contributed by atoms with Crippen LogP contribution in [0.3, 0.4) is 0 Å². The van der Waals surface area contributed by atoms with Gasteiger partial charge in [0.1, 0.15) is 5.82 Å². The van der Waals surface area contributed by atoms with Gasteiger partial charge in [-0.15, -0.1) is 0 Å². The number of pyridine rings is 1. The molecule has 0 bridgehead atoms. The molecule has 1 aromatic heterocycles. The first-order chi connectivity index (χ1) is 7.88. The number of fused-ring (bicyclic) bond motifs is 1. The van der Waals surface area contributed by atoms with E-state index in [1.165, 1.54) is 36.9 Å². The summed E-state index contributed by atoms with van der Waals surface area (Å²) in [6.07, 6.45) is 6.25. The first kappa shape index (κ1) is 10.1. The topological polar surface area (TPSA) is 42.1 Å². The molecule has 0 saturated heterocycles. The van der Waals surface area contributed by atoms with Gasteiger partial charge in [-0.3, -0.25) is 0 Å². The Hall–Kier alpha value is -1.09. The summed E-state index contributed by atoms with van der Waals surface area (Å²) in [5, 5.41) is 0. The zero-order valence-corrected chi connectivity index (χ0v) is 9.65. The second-order valence-corrected chi connectivity index (χ2v) is 4.84. The minimum atomic E-state index is 0.704. The largest absolute Gasteiger partial charge is 0.352 e. The molecule has 0 aromatic carbocycles. The number of rotatable bonds is 4. The molecule has 1 fully saturated rings. The fourth-order valence-electron chi connectivity index (χ4n) is 2.58. The van der Waals surface area contributed by atoms with Crippen molar-refractivity contribution in [1.29, 1.82) is 0 Å². The Morgan fingerprint density at radius 2 is 2.19 bits per heavy atom. The van der Waals surface area contributed by atoms with Crippen molar-refractivity contribution in [3.05, 3.63) is 23.4 Å². The Morgan fingerprint density at radius 1 is 1.31 bits per heavy atom. The zero-order chi connectivity index (χ0) is 11.0. The number of hydrogen-bond donors (Lipinski definition) is 1. The van der Waals surface area contributed by atoms with Gasteiger partial charge in [0.05, 0.1) is 0 Å². The lowest BCUT2D eigenvalue weighted by Crippen LogP contribution is -2.32. The highest BCUT2D eigenvalue weighted by Crippen LogP contribution is 2.31. The molecule has 0 atom stereocenters. The molecule has 2 aliphatic rings. The van der Waals surface area contributed by atoms with E-state index in [-0.39, 0.29) is 0 Å². The standard InChI is InChI=1S/C13H19N3/c14-8-9-16(11-5-6-11)13-7-4-10-2-1-3-12(10)15-13/h4,7,11H,1-3,5-6,8-9,14H2. The number of anilines is 1. The highest BCUT2D eigenvalue weighted by Gasteiger charge is 2.29. The smallest absolute Gasteiger partial charge is 0.129 e. The summed E-state index contributed by atoms with van der Waals surface area (Å²) in [6.45, 7) is 1.66. The summed E-state index contributed by atoms with van der Waals surface area (Å²) in [6, 6.07) is 5.14. The molecule has 3 nitrogen and oxygen atoms in total. The van der Waals surface area contributed by atoms with Gasteiger partial charge in [-0.05, 0) is 43.7 Å². The van der Waals surface area contributed by atoms with E-state index in [2.05, 4.69) is 17.0 Å². The summed E-state index contributed by atoms with van der Waals surface area (Å²) < 4.78 is 0. The summed E-state index contributed by atoms with van der Waals surface area (Å²) >= 11 is 0. The molecule has 0 amide bonds. The number of nitrogens with two attached hydrogens (primary N) is 1. The van der Waals surface area contributed by atoms with Gasteiger partial charge in [0.2, 0.25) is 0 Å². The molecule has 16 heavy (non-hydrogen) atoms. The maximum atomic E-state index is 5.68. The van der Waals surface area contributed by atoms with Crippen LogP contribution in [0.15, 0.2) is 12.1 Å². The van der Waals surface area contributed by atoms with Crippen molar-refractivity contribution in [2.45, 2.75) is 38.1 Å². The van der Waals surface area contributed by atoms with Crippen LogP contribution >= 0.6 is 0 Å². The Morgan fingerprint density at radius 3 is 2.94 bits per heavy atom. The van der Waals surface area contributed by atoms with Gasteiger partial charge < -0.3 is 10.6 Å². The molecule has 86 valence electrons. The number of aromatic nitrogens is 1. The molecule has 3 heteroatoms. The van der Waals surface area contributed by atoms with E-state index in [1.807, 2.05) is 0 Å². The van der Waals surface area contributed by atoms with Crippen LogP contribution in [0, 0.1) is 0 Å². The highest BCUT2D eigenvalue weighted by molar-refractivity contribution is 5.45. The van der Waals surface area contributed by atoms with Crippen molar-refractivity contribution in [2.24, 2.45) is 5.73 Å². The van der Waals surface area contributed by atoms with Crippen molar-refractivity contribution in [2.75, 3.05) is 18.0 Å². The normalized spacial score (nSPS) is 18.6. The minimum absolute atomic E-state index is 0.704. The van der Waals surface area contributed by atoms with E-state index in [1.54, 1.807) is 0 Å². The summed E-state index contributed by atoms with van der Waals surface area (Å²) in [7, 11) is 0. The van der Waals surface area contributed by atoms with E-state index >= 15 is 0 Å². The lowest BCUT2D eigenvalue weighted by atomic mass is 10.2. The third-order valence-electron chi connectivity index (χ3n) is 3.57. The summed E-state index contributed by atoms with van der Waals surface area (Å²) in [5.41, 5.74) is 8.45. The maximum Gasteiger partial charge on any atom is 0.129 e. The Bertz CT molecular complexity index is 385. The van der Waals surface area contributed by atoms with Crippen molar-refractivity contribution >= 4 is 5.82 Å². The predicted octanol–water partition coefficient (Wildman–Crippen LogP) is 1.50. The molecular weight excluding hydrogens is 198 g/mol. The Kier molecular flexibility index (Phi) is 2.56. The van der Waals surface area contributed by atoms with Gasteiger partial charge in [0, 0.05) is 24.8 Å². The minimum Gasteiger partial charge on any atom is -0.352 e. The Labute approximate surface area is 96.7 Å². The van der Waals surface area contributed by atoms with Crippen LogP contribution in [0.1, 0.15) is 30.5 Å². The van der Waals surface area contributed by atoms with E-state index in [9.17, 15) is 0 Å².